The zero-order valence-corrected chi connectivity index (χ0v) is 17.9. The molecule has 4 heterocycles. The van der Waals surface area contributed by atoms with E-state index in [9.17, 15) is 9.59 Å². The first kappa shape index (κ1) is 20.4. The smallest absolute Gasteiger partial charge is 0.257 e. The summed E-state index contributed by atoms with van der Waals surface area (Å²) < 4.78 is 1.84. The molecule has 0 N–H and O–H groups in total. The van der Waals surface area contributed by atoms with Crippen molar-refractivity contribution in [1.82, 2.24) is 24.5 Å². The number of carbonyl (C=O) groups excluding carboxylic acids is 2. The quantitative estimate of drug-likeness (QED) is 0.777. The first-order chi connectivity index (χ1) is 14.0. The minimum absolute atomic E-state index is 0.0936. The Kier molecular flexibility index (Phi) is 6.23. The highest BCUT2D eigenvalue weighted by atomic mass is 16.2. The number of piperidine rings is 2. The second-order valence-electron chi connectivity index (χ2n) is 9.19. The van der Waals surface area contributed by atoms with Crippen molar-refractivity contribution in [3.05, 3.63) is 18.0 Å². The van der Waals surface area contributed by atoms with Crippen molar-refractivity contribution in [2.24, 2.45) is 5.92 Å². The van der Waals surface area contributed by atoms with Crippen LogP contribution in [0.2, 0.25) is 0 Å². The topological polar surface area (TPSA) is 61.7 Å². The van der Waals surface area contributed by atoms with Gasteiger partial charge >= 0.3 is 0 Å². The van der Waals surface area contributed by atoms with Gasteiger partial charge in [-0.25, -0.2) is 0 Å². The van der Waals surface area contributed by atoms with Gasteiger partial charge in [0.05, 0.1) is 17.7 Å². The molecule has 0 unspecified atom stereocenters. The molecule has 7 heteroatoms. The van der Waals surface area contributed by atoms with E-state index in [1.807, 2.05) is 15.8 Å². The highest BCUT2D eigenvalue weighted by Gasteiger charge is 2.34. The fourth-order valence-corrected chi connectivity index (χ4v) is 5.08. The van der Waals surface area contributed by atoms with Crippen LogP contribution in [0.1, 0.15) is 68.8 Å². The predicted octanol–water partition coefficient (Wildman–Crippen LogP) is 2.40. The normalized spacial score (nSPS) is 24.4. The molecule has 4 rings (SSSR count). The lowest BCUT2D eigenvalue weighted by molar-refractivity contribution is -0.136. The number of aromatic nitrogens is 2. The summed E-state index contributed by atoms with van der Waals surface area (Å²) in [5.74, 6) is 0.640. The average Bonchev–Trinajstić information content (AvgIpc) is 3.45. The Labute approximate surface area is 174 Å². The second-order valence-corrected chi connectivity index (χ2v) is 9.19. The summed E-state index contributed by atoms with van der Waals surface area (Å²) in [5, 5.41) is 4.30. The first-order valence-corrected chi connectivity index (χ1v) is 11.4. The van der Waals surface area contributed by atoms with Gasteiger partial charge < -0.3 is 9.80 Å². The van der Waals surface area contributed by atoms with E-state index in [0.717, 1.165) is 77.8 Å². The van der Waals surface area contributed by atoms with Crippen LogP contribution >= 0.6 is 0 Å². The van der Waals surface area contributed by atoms with Crippen LogP contribution in [0.5, 0.6) is 0 Å². The minimum atomic E-state index is 0.0936. The lowest BCUT2D eigenvalue weighted by Crippen LogP contribution is -2.51. The summed E-state index contributed by atoms with van der Waals surface area (Å²) >= 11 is 0. The third-order valence-electron chi connectivity index (χ3n) is 6.87. The van der Waals surface area contributed by atoms with Crippen LogP contribution in [0.15, 0.2) is 12.4 Å². The average molecular weight is 402 g/mol. The summed E-state index contributed by atoms with van der Waals surface area (Å²) in [7, 11) is 0. The maximum absolute atomic E-state index is 12.8. The van der Waals surface area contributed by atoms with Gasteiger partial charge in [-0.1, -0.05) is 0 Å². The highest BCUT2D eigenvalue weighted by molar-refractivity contribution is 5.93. The summed E-state index contributed by atoms with van der Waals surface area (Å²) in [5.41, 5.74) is 0.686. The lowest BCUT2D eigenvalue weighted by atomic mass is 9.93. The molecule has 0 radical (unpaired) electrons. The minimum Gasteiger partial charge on any atom is -0.342 e. The number of rotatable bonds is 4. The second kappa shape index (κ2) is 8.86. The van der Waals surface area contributed by atoms with Crippen LogP contribution in [0.25, 0.3) is 0 Å². The van der Waals surface area contributed by atoms with E-state index in [1.54, 1.807) is 6.20 Å². The Hall–Kier alpha value is -1.89. The number of hydrogen-bond acceptors (Lipinski definition) is 4. The highest BCUT2D eigenvalue weighted by Crippen LogP contribution is 2.26. The van der Waals surface area contributed by atoms with Crippen molar-refractivity contribution < 1.29 is 9.59 Å². The van der Waals surface area contributed by atoms with E-state index >= 15 is 0 Å². The third kappa shape index (κ3) is 4.49. The van der Waals surface area contributed by atoms with Crippen LogP contribution in [-0.2, 0) is 4.79 Å². The Balaban J connectivity index is 1.29. The molecule has 3 saturated heterocycles. The monoisotopic (exact) mass is 401 g/mol. The van der Waals surface area contributed by atoms with Crippen LogP contribution in [0, 0.1) is 5.92 Å². The zero-order valence-electron chi connectivity index (χ0n) is 17.9. The maximum Gasteiger partial charge on any atom is 0.257 e. The molecule has 3 aliphatic heterocycles. The summed E-state index contributed by atoms with van der Waals surface area (Å²) in [4.78, 5) is 32.2. The predicted molar refractivity (Wildman–Crippen MR) is 112 cm³/mol. The Morgan fingerprint density at radius 2 is 1.69 bits per heavy atom. The third-order valence-corrected chi connectivity index (χ3v) is 6.87. The van der Waals surface area contributed by atoms with E-state index in [2.05, 4.69) is 28.7 Å². The molecule has 0 aromatic carbocycles. The van der Waals surface area contributed by atoms with Gasteiger partial charge in [0.1, 0.15) is 0 Å². The van der Waals surface area contributed by atoms with Crippen molar-refractivity contribution in [1.29, 1.82) is 0 Å². The van der Waals surface area contributed by atoms with Crippen LogP contribution in [-0.4, -0.2) is 81.6 Å². The molecule has 0 spiro atoms. The molecule has 160 valence electrons. The standard InChI is InChI=1S/C22H35N5O2/c1-17(2)27-16-19(14-23-27)22(29)25-12-7-20(8-13-25)26-11-5-6-18(15-26)21(28)24-9-3-4-10-24/h14,16-18,20H,3-13,15H2,1-2H3/t18-/m0/s1. The first-order valence-electron chi connectivity index (χ1n) is 11.4. The van der Waals surface area contributed by atoms with Gasteiger partial charge in [0, 0.05) is 51.0 Å². The fraction of sp³-hybridized carbons (Fsp3) is 0.773. The van der Waals surface area contributed by atoms with Gasteiger partial charge in [0.25, 0.3) is 5.91 Å². The molecule has 3 fully saturated rings. The summed E-state index contributed by atoms with van der Waals surface area (Å²) in [6, 6.07) is 0.754. The fourth-order valence-electron chi connectivity index (χ4n) is 5.08. The molecule has 0 bridgehead atoms. The summed E-state index contributed by atoms with van der Waals surface area (Å²) in [6.45, 7) is 9.58. The molecule has 2 amide bonds. The molecule has 29 heavy (non-hydrogen) atoms. The van der Waals surface area contributed by atoms with Crippen molar-refractivity contribution >= 4 is 11.8 Å². The molecule has 7 nitrogen and oxygen atoms in total. The van der Waals surface area contributed by atoms with Crippen molar-refractivity contribution in [3.63, 3.8) is 0 Å². The summed E-state index contributed by atoms with van der Waals surface area (Å²) in [6.07, 6.45) is 9.99. The number of amides is 2. The van der Waals surface area contributed by atoms with Crippen LogP contribution in [0.4, 0.5) is 0 Å². The molecule has 1 atom stereocenters. The molecule has 1 aromatic rings. The van der Waals surface area contributed by atoms with Crippen molar-refractivity contribution in [2.45, 2.75) is 64.5 Å². The van der Waals surface area contributed by atoms with E-state index in [4.69, 9.17) is 0 Å². The van der Waals surface area contributed by atoms with Gasteiger partial charge in [-0.15, -0.1) is 0 Å². The molecule has 1 aromatic heterocycles. The van der Waals surface area contributed by atoms with Gasteiger partial charge in [-0.05, 0) is 58.9 Å². The van der Waals surface area contributed by atoms with E-state index in [1.165, 1.54) is 0 Å². The Morgan fingerprint density at radius 1 is 0.966 bits per heavy atom. The van der Waals surface area contributed by atoms with E-state index in [0.29, 0.717) is 17.5 Å². The van der Waals surface area contributed by atoms with E-state index < -0.39 is 0 Å². The van der Waals surface area contributed by atoms with Crippen LogP contribution in [0.3, 0.4) is 0 Å². The van der Waals surface area contributed by atoms with Crippen molar-refractivity contribution in [3.8, 4) is 0 Å². The molecule has 0 aliphatic carbocycles. The zero-order chi connectivity index (χ0) is 20.4. The molecular weight excluding hydrogens is 366 g/mol. The maximum atomic E-state index is 12.8. The SMILES string of the molecule is CC(C)n1cc(C(=O)N2CCC(N3CCC[C@H](C(=O)N4CCCC4)C3)CC2)cn1. The van der Waals surface area contributed by atoms with Crippen molar-refractivity contribution in [2.75, 3.05) is 39.3 Å². The molecule has 0 saturated carbocycles. The largest absolute Gasteiger partial charge is 0.342 e. The van der Waals surface area contributed by atoms with Gasteiger partial charge in [0.2, 0.25) is 5.91 Å². The Bertz CT molecular complexity index is 717. The number of nitrogens with zero attached hydrogens (tertiary/aromatic N) is 5. The lowest BCUT2D eigenvalue weighted by Gasteiger charge is -2.42. The van der Waals surface area contributed by atoms with Crippen LogP contribution < -0.4 is 0 Å². The van der Waals surface area contributed by atoms with Gasteiger partial charge in [-0.3, -0.25) is 19.2 Å². The molecular formula is C22H35N5O2. The molecule has 3 aliphatic rings. The van der Waals surface area contributed by atoms with Gasteiger partial charge in [0.15, 0.2) is 0 Å². The Morgan fingerprint density at radius 3 is 2.34 bits per heavy atom. The number of hydrogen-bond donors (Lipinski definition) is 0. The van der Waals surface area contributed by atoms with E-state index in [-0.39, 0.29) is 17.9 Å². The van der Waals surface area contributed by atoms with Gasteiger partial charge in [-0.2, -0.15) is 5.10 Å². The number of likely N-dealkylation sites (tertiary alicyclic amines) is 3. The number of carbonyl (C=O) groups is 2.